The van der Waals surface area contributed by atoms with Crippen molar-refractivity contribution in [1.82, 2.24) is 9.80 Å². The minimum Gasteiger partial charge on any atom is -0.306 e. The smallest absolute Gasteiger partial charge is 0.0120 e. The predicted molar refractivity (Wildman–Crippen MR) is 70.9 cm³/mol. The molecular weight excluding hydrogens is 204 g/mol. The zero-order valence-electron chi connectivity index (χ0n) is 10.3. The Hall–Kier alpha value is 0.270. The van der Waals surface area contributed by atoms with Crippen molar-refractivity contribution in [3.05, 3.63) is 0 Å². The average molecular weight is 230 g/mol. The number of nitrogens with zero attached hydrogens (tertiary/aromatic N) is 2. The lowest BCUT2D eigenvalue weighted by Crippen LogP contribution is -2.45. The van der Waals surface area contributed by atoms with Gasteiger partial charge in [-0.1, -0.05) is 6.42 Å². The molecule has 0 atom stereocenters. The maximum atomic E-state index is 3.53. The van der Waals surface area contributed by atoms with Crippen LogP contribution < -0.4 is 0 Å². The molecule has 90 valence electrons. The van der Waals surface area contributed by atoms with Crippen LogP contribution in [0.5, 0.6) is 0 Å². The van der Waals surface area contributed by atoms with Gasteiger partial charge < -0.3 is 9.80 Å². The Morgan fingerprint density at radius 1 is 0.867 bits per heavy atom. The molecule has 0 radical (unpaired) electrons. The summed E-state index contributed by atoms with van der Waals surface area (Å²) in [5.74, 6) is 0. The molecule has 0 bridgehead atoms. The van der Waals surface area contributed by atoms with E-state index in [2.05, 4.69) is 29.5 Å². The normalized spacial score (nSPS) is 25.8. The number of piperidine rings is 2. The van der Waals surface area contributed by atoms with Crippen LogP contribution in [-0.4, -0.2) is 55.3 Å². The second-order valence-corrected chi connectivity index (χ2v) is 4.63. The summed E-state index contributed by atoms with van der Waals surface area (Å²) >= 11 is 3.53. The molecular formula is C12H26N2S. The first-order chi connectivity index (χ1) is 7.36. The third-order valence-corrected chi connectivity index (χ3v) is 3.60. The number of hydrogen-bond donors (Lipinski definition) is 1. The topological polar surface area (TPSA) is 6.48 Å². The molecule has 15 heavy (non-hydrogen) atoms. The van der Waals surface area contributed by atoms with Crippen molar-refractivity contribution in [2.24, 2.45) is 0 Å². The largest absolute Gasteiger partial charge is 0.306 e. The fourth-order valence-corrected chi connectivity index (χ4v) is 2.64. The Kier molecular flexibility index (Phi) is 6.69. The molecule has 0 saturated carbocycles. The van der Waals surface area contributed by atoms with E-state index in [4.69, 9.17) is 0 Å². The lowest BCUT2D eigenvalue weighted by Gasteiger charge is -2.39. The fourth-order valence-electron chi connectivity index (χ4n) is 2.64. The molecule has 2 nitrogen and oxygen atoms in total. The maximum Gasteiger partial charge on any atom is 0.0120 e. The van der Waals surface area contributed by atoms with Gasteiger partial charge in [-0.3, -0.25) is 0 Å². The molecule has 0 unspecified atom stereocenters. The van der Waals surface area contributed by atoms with Gasteiger partial charge in [0.15, 0.2) is 0 Å². The minimum atomic E-state index is 0.913. The lowest BCUT2D eigenvalue weighted by molar-refractivity contribution is 0.103. The molecule has 0 aromatic carbocycles. The number of hydrogen-bond acceptors (Lipinski definition) is 3. The van der Waals surface area contributed by atoms with Crippen LogP contribution in [-0.2, 0) is 0 Å². The van der Waals surface area contributed by atoms with Crippen molar-refractivity contribution in [2.45, 2.75) is 38.1 Å². The summed E-state index contributed by atoms with van der Waals surface area (Å²) < 4.78 is 0. The Bertz CT molecular complexity index is 150. The van der Waals surface area contributed by atoms with Crippen LogP contribution in [0.25, 0.3) is 0 Å². The molecule has 2 fully saturated rings. The van der Waals surface area contributed by atoms with Gasteiger partial charge in [-0.2, -0.15) is 12.6 Å². The Balaban J connectivity index is 0.000000531. The van der Waals surface area contributed by atoms with Crippen LogP contribution >= 0.6 is 12.6 Å². The highest BCUT2D eigenvalue weighted by molar-refractivity contribution is 7.79. The first kappa shape index (κ1) is 13.3. The summed E-state index contributed by atoms with van der Waals surface area (Å²) in [7, 11) is 2.24. The molecule has 0 aromatic heterocycles. The number of thiol groups is 1. The van der Waals surface area contributed by atoms with Crippen LogP contribution in [0.15, 0.2) is 0 Å². The van der Waals surface area contributed by atoms with Crippen molar-refractivity contribution in [1.29, 1.82) is 0 Å². The maximum absolute atomic E-state index is 3.53. The van der Waals surface area contributed by atoms with Crippen LogP contribution in [0.4, 0.5) is 0 Å². The van der Waals surface area contributed by atoms with Gasteiger partial charge in [-0.05, 0) is 65.2 Å². The number of likely N-dealkylation sites (tertiary alicyclic amines) is 2. The van der Waals surface area contributed by atoms with Gasteiger partial charge in [-0.15, -0.1) is 0 Å². The first-order valence-electron chi connectivity index (χ1n) is 6.23. The zero-order valence-corrected chi connectivity index (χ0v) is 11.2. The first-order valence-corrected chi connectivity index (χ1v) is 7.13. The van der Waals surface area contributed by atoms with E-state index >= 15 is 0 Å². The van der Waals surface area contributed by atoms with Gasteiger partial charge in [-0.25, -0.2) is 0 Å². The molecule has 0 N–H and O–H groups in total. The van der Waals surface area contributed by atoms with E-state index in [1.807, 2.05) is 0 Å². The Labute approximate surface area is 100 Å². The molecule has 2 aliphatic rings. The van der Waals surface area contributed by atoms with Gasteiger partial charge in [0.05, 0.1) is 0 Å². The SMILES string of the molecule is CN1CCC(N2CCCCC2)CC1.CS. The van der Waals surface area contributed by atoms with E-state index < -0.39 is 0 Å². The predicted octanol–water partition coefficient (Wildman–Crippen LogP) is 2.11. The Morgan fingerprint density at radius 3 is 1.93 bits per heavy atom. The van der Waals surface area contributed by atoms with Gasteiger partial charge in [0, 0.05) is 6.04 Å². The van der Waals surface area contributed by atoms with E-state index in [9.17, 15) is 0 Å². The van der Waals surface area contributed by atoms with E-state index in [0.717, 1.165) is 6.04 Å². The van der Waals surface area contributed by atoms with Crippen LogP contribution in [0.3, 0.4) is 0 Å². The minimum absolute atomic E-state index is 0.913. The van der Waals surface area contributed by atoms with E-state index in [-0.39, 0.29) is 0 Å². The molecule has 0 aliphatic carbocycles. The standard InChI is InChI=1S/C11H22N2.CH4S/c1-12-9-5-11(6-10-12)13-7-3-2-4-8-13;1-2/h11H,2-10H2,1H3;2H,1H3. The summed E-state index contributed by atoms with van der Waals surface area (Å²) in [6.45, 7) is 5.35. The lowest BCUT2D eigenvalue weighted by atomic mass is 10.0. The number of rotatable bonds is 1. The van der Waals surface area contributed by atoms with Gasteiger partial charge in [0.25, 0.3) is 0 Å². The van der Waals surface area contributed by atoms with Crippen molar-refractivity contribution in [3.8, 4) is 0 Å². The zero-order chi connectivity index (χ0) is 11.1. The second-order valence-electron chi connectivity index (χ2n) is 4.63. The van der Waals surface area contributed by atoms with Gasteiger partial charge in [0.2, 0.25) is 0 Å². The molecule has 2 saturated heterocycles. The van der Waals surface area contributed by atoms with Crippen molar-refractivity contribution in [2.75, 3.05) is 39.5 Å². The summed E-state index contributed by atoms with van der Waals surface area (Å²) in [6, 6.07) is 0.913. The molecule has 2 aliphatic heterocycles. The molecule has 2 rings (SSSR count). The highest BCUT2D eigenvalue weighted by atomic mass is 32.1. The van der Waals surface area contributed by atoms with E-state index in [0.29, 0.717) is 0 Å². The average Bonchev–Trinajstić information content (AvgIpc) is 2.34. The summed E-state index contributed by atoms with van der Waals surface area (Å²) in [5, 5.41) is 0. The highest BCUT2D eigenvalue weighted by Gasteiger charge is 2.23. The molecule has 3 heteroatoms. The van der Waals surface area contributed by atoms with Gasteiger partial charge in [0.1, 0.15) is 0 Å². The molecule has 0 spiro atoms. The highest BCUT2D eigenvalue weighted by Crippen LogP contribution is 2.19. The van der Waals surface area contributed by atoms with E-state index in [1.165, 1.54) is 58.3 Å². The van der Waals surface area contributed by atoms with Gasteiger partial charge >= 0.3 is 0 Å². The third-order valence-electron chi connectivity index (χ3n) is 3.60. The van der Waals surface area contributed by atoms with Crippen molar-refractivity contribution < 1.29 is 0 Å². The van der Waals surface area contributed by atoms with Crippen molar-refractivity contribution >= 4 is 12.6 Å². The Morgan fingerprint density at radius 2 is 1.40 bits per heavy atom. The monoisotopic (exact) mass is 230 g/mol. The summed E-state index contributed by atoms with van der Waals surface area (Å²) in [6.07, 6.45) is 8.83. The van der Waals surface area contributed by atoms with E-state index in [1.54, 1.807) is 6.26 Å². The summed E-state index contributed by atoms with van der Waals surface area (Å²) in [5.41, 5.74) is 0. The summed E-state index contributed by atoms with van der Waals surface area (Å²) in [4.78, 5) is 5.19. The van der Waals surface area contributed by atoms with Crippen LogP contribution in [0.2, 0.25) is 0 Å². The van der Waals surface area contributed by atoms with Crippen molar-refractivity contribution in [3.63, 3.8) is 0 Å². The van der Waals surface area contributed by atoms with Crippen LogP contribution in [0.1, 0.15) is 32.1 Å². The molecule has 0 aromatic rings. The quantitative estimate of drug-likeness (QED) is 0.689. The second kappa shape index (κ2) is 7.53. The third kappa shape index (κ3) is 4.33. The molecule has 0 amide bonds. The fraction of sp³-hybridized carbons (Fsp3) is 1.00. The molecule has 2 heterocycles. The van der Waals surface area contributed by atoms with Crippen LogP contribution in [0, 0.1) is 0 Å².